The molecule has 0 saturated heterocycles. The van der Waals surface area contributed by atoms with Crippen molar-refractivity contribution in [3.63, 3.8) is 0 Å². The first-order chi connectivity index (χ1) is 19.3. The average molecular weight is 574 g/mol. The smallest absolute Gasteiger partial charge is 0.324 e. The van der Waals surface area contributed by atoms with Gasteiger partial charge in [0.1, 0.15) is 5.82 Å². The molecule has 0 fully saturated rings. The summed E-state index contributed by atoms with van der Waals surface area (Å²) in [7, 11) is 0. The molecular formula is C32H28F7N2. The van der Waals surface area contributed by atoms with Crippen LogP contribution in [-0.2, 0) is 12.4 Å². The van der Waals surface area contributed by atoms with E-state index in [-0.39, 0.29) is 18.0 Å². The molecule has 0 aromatic heterocycles. The van der Waals surface area contributed by atoms with E-state index >= 15 is 0 Å². The topological polar surface area (TPSA) is 52.0 Å². The normalized spacial score (nSPS) is 13.8. The van der Waals surface area contributed by atoms with Gasteiger partial charge in [-0.1, -0.05) is 72.8 Å². The molecule has 4 aromatic rings. The summed E-state index contributed by atoms with van der Waals surface area (Å²) in [6.07, 6.45) is -9.08. The fraction of sp³-hybridized carbons (Fsp3) is 0.219. The number of benzene rings is 4. The molecule has 0 aliphatic heterocycles. The van der Waals surface area contributed by atoms with Crippen LogP contribution < -0.4 is 11.5 Å². The fourth-order valence-electron chi connectivity index (χ4n) is 4.90. The Morgan fingerprint density at radius 1 is 0.659 bits per heavy atom. The van der Waals surface area contributed by atoms with E-state index in [4.69, 9.17) is 11.5 Å². The predicted octanol–water partition coefficient (Wildman–Crippen LogP) is 9.02. The standard InChI is InChI=1S/C32H28F7N2/c33-25-15-12-20(13-16-25)22(14-17-28(40)21-6-2-1-3-7-21)19-29(41)24-9-4-8-23(18-24)26-10-5-11-27(31(34,35)36)30(26)32(37,38)39/h1-13,15-16,18,28-29H,14,17,19,40-41H2. The van der Waals surface area contributed by atoms with E-state index in [1.807, 2.05) is 30.3 Å². The third kappa shape index (κ3) is 7.54. The Kier molecular flexibility index (Phi) is 9.19. The second-order valence-corrected chi connectivity index (χ2v) is 9.83. The van der Waals surface area contributed by atoms with Crippen molar-refractivity contribution in [1.82, 2.24) is 0 Å². The van der Waals surface area contributed by atoms with Crippen LogP contribution in [0, 0.1) is 11.7 Å². The molecule has 2 nitrogen and oxygen atoms in total. The van der Waals surface area contributed by atoms with Crippen LogP contribution in [0.3, 0.4) is 0 Å². The zero-order valence-electron chi connectivity index (χ0n) is 21.8. The molecule has 0 aliphatic carbocycles. The van der Waals surface area contributed by atoms with Gasteiger partial charge in [-0.25, -0.2) is 4.39 Å². The summed E-state index contributed by atoms with van der Waals surface area (Å²) < 4.78 is 95.8. The molecule has 9 heteroatoms. The first kappa shape index (κ1) is 30.3. The van der Waals surface area contributed by atoms with E-state index in [1.165, 1.54) is 30.3 Å². The minimum atomic E-state index is -5.24. The van der Waals surface area contributed by atoms with Gasteiger partial charge in [-0.05, 0) is 71.3 Å². The van der Waals surface area contributed by atoms with Gasteiger partial charge in [-0.2, -0.15) is 26.3 Å². The fourth-order valence-corrected chi connectivity index (χ4v) is 4.90. The first-order valence-corrected chi connectivity index (χ1v) is 12.9. The predicted molar refractivity (Wildman–Crippen MR) is 145 cm³/mol. The summed E-state index contributed by atoms with van der Waals surface area (Å²) in [4.78, 5) is 0. The van der Waals surface area contributed by atoms with Crippen molar-refractivity contribution >= 4 is 0 Å². The first-order valence-electron chi connectivity index (χ1n) is 12.9. The van der Waals surface area contributed by atoms with E-state index in [9.17, 15) is 30.7 Å². The van der Waals surface area contributed by atoms with E-state index in [0.29, 0.717) is 24.5 Å². The number of alkyl halides is 6. The van der Waals surface area contributed by atoms with Gasteiger partial charge in [0.25, 0.3) is 0 Å². The van der Waals surface area contributed by atoms with Crippen molar-refractivity contribution in [2.75, 3.05) is 0 Å². The molecule has 4 N–H and O–H groups in total. The Balaban J connectivity index is 1.63. The van der Waals surface area contributed by atoms with Crippen molar-refractivity contribution in [2.45, 2.75) is 43.7 Å². The van der Waals surface area contributed by atoms with Crippen LogP contribution >= 0.6 is 0 Å². The third-order valence-electron chi connectivity index (χ3n) is 6.98. The second-order valence-electron chi connectivity index (χ2n) is 9.83. The maximum absolute atomic E-state index is 13.9. The average Bonchev–Trinajstić information content (AvgIpc) is 2.94. The van der Waals surface area contributed by atoms with Crippen LogP contribution in [0.1, 0.15) is 59.2 Å². The monoisotopic (exact) mass is 573 g/mol. The lowest BCUT2D eigenvalue weighted by molar-refractivity contribution is -0.161. The highest BCUT2D eigenvalue weighted by atomic mass is 19.4. The number of rotatable bonds is 9. The van der Waals surface area contributed by atoms with Crippen LogP contribution in [0.2, 0.25) is 0 Å². The highest BCUT2D eigenvalue weighted by Crippen LogP contribution is 2.45. The maximum Gasteiger partial charge on any atom is 0.417 e. The highest BCUT2D eigenvalue weighted by molar-refractivity contribution is 5.70. The molecule has 0 amide bonds. The van der Waals surface area contributed by atoms with Crippen LogP contribution in [0.25, 0.3) is 11.1 Å². The molecule has 0 heterocycles. The van der Waals surface area contributed by atoms with E-state index in [1.54, 1.807) is 18.2 Å². The summed E-state index contributed by atoms with van der Waals surface area (Å²) in [5.41, 5.74) is 10.9. The minimum Gasteiger partial charge on any atom is -0.324 e. The number of hydrogen-bond acceptors (Lipinski definition) is 2. The Bertz CT molecular complexity index is 1430. The number of nitrogens with two attached hydrogens (primary N) is 2. The van der Waals surface area contributed by atoms with Gasteiger partial charge in [0.05, 0.1) is 11.1 Å². The molecule has 0 saturated carbocycles. The van der Waals surface area contributed by atoms with E-state index in [2.05, 4.69) is 0 Å². The number of hydrogen-bond donors (Lipinski definition) is 2. The SMILES string of the molecule is NC(CC[C](CC(N)c1cccc(-c2cccc(C(F)(F)F)c2C(F)(F)F)c1)c1ccc(F)cc1)c1ccccc1. The van der Waals surface area contributed by atoms with Gasteiger partial charge in [0, 0.05) is 18.0 Å². The Morgan fingerprint density at radius 3 is 1.93 bits per heavy atom. The molecule has 0 bridgehead atoms. The lowest BCUT2D eigenvalue weighted by Crippen LogP contribution is -2.18. The Labute approximate surface area is 233 Å². The molecule has 0 aliphatic rings. The zero-order valence-corrected chi connectivity index (χ0v) is 21.8. The summed E-state index contributed by atoms with van der Waals surface area (Å²) in [6.45, 7) is 0. The van der Waals surface area contributed by atoms with Gasteiger partial charge >= 0.3 is 12.4 Å². The molecule has 4 rings (SSSR count). The van der Waals surface area contributed by atoms with Crippen LogP contribution in [0.15, 0.2) is 97.1 Å². The summed E-state index contributed by atoms with van der Waals surface area (Å²) in [5, 5.41) is 0. The largest absolute Gasteiger partial charge is 0.417 e. The van der Waals surface area contributed by atoms with Crippen molar-refractivity contribution in [3.8, 4) is 11.1 Å². The molecule has 2 unspecified atom stereocenters. The van der Waals surface area contributed by atoms with Crippen LogP contribution in [-0.4, -0.2) is 0 Å². The molecule has 4 aromatic carbocycles. The molecule has 41 heavy (non-hydrogen) atoms. The van der Waals surface area contributed by atoms with Gasteiger partial charge in [-0.15, -0.1) is 0 Å². The Morgan fingerprint density at radius 2 is 1.29 bits per heavy atom. The summed E-state index contributed by atoms with van der Waals surface area (Å²) >= 11 is 0. The lowest BCUT2D eigenvalue weighted by atomic mass is 9.84. The molecule has 0 spiro atoms. The Hall–Kier alpha value is -3.69. The molecule has 2 atom stereocenters. The molecule has 215 valence electrons. The second kappa shape index (κ2) is 12.4. The minimum absolute atomic E-state index is 0.0363. The quantitative estimate of drug-likeness (QED) is 0.196. The van der Waals surface area contributed by atoms with Crippen LogP contribution in [0.4, 0.5) is 30.7 Å². The van der Waals surface area contributed by atoms with Gasteiger partial charge < -0.3 is 11.5 Å². The third-order valence-corrected chi connectivity index (χ3v) is 6.98. The van der Waals surface area contributed by atoms with Crippen molar-refractivity contribution in [3.05, 3.63) is 137 Å². The zero-order chi connectivity index (χ0) is 29.8. The lowest BCUT2D eigenvalue weighted by Gasteiger charge is -2.24. The highest BCUT2D eigenvalue weighted by Gasteiger charge is 2.44. The summed E-state index contributed by atoms with van der Waals surface area (Å²) in [6, 6.07) is 22.6. The van der Waals surface area contributed by atoms with Gasteiger partial charge in [0.15, 0.2) is 0 Å². The summed E-state index contributed by atoms with van der Waals surface area (Å²) in [5.74, 6) is 0.456. The van der Waals surface area contributed by atoms with E-state index in [0.717, 1.165) is 29.2 Å². The maximum atomic E-state index is 13.9. The van der Waals surface area contributed by atoms with Crippen molar-refractivity contribution < 1.29 is 30.7 Å². The van der Waals surface area contributed by atoms with Crippen molar-refractivity contribution in [2.24, 2.45) is 11.5 Å². The molecular weight excluding hydrogens is 545 g/mol. The molecule has 1 radical (unpaired) electrons. The van der Waals surface area contributed by atoms with Gasteiger partial charge in [0.2, 0.25) is 0 Å². The number of halogens is 7. The van der Waals surface area contributed by atoms with E-state index < -0.39 is 40.9 Å². The van der Waals surface area contributed by atoms with Crippen LogP contribution in [0.5, 0.6) is 0 Å². The van der Waals surface area contributed by atoms with Gasteiger partial charge in [-0.3, -0.25) is 0 Å². The van der Waals surface area contributed by atoms with Crippen molar-refractivity contribution in [1.29, 1.82) is 0 Å².